The molecule has 1 amide bonds. The van der Waals surface area contributed by atoms with Gasteiger partial charge in [-0.25, -0.2) is 0 Å². The minimum absolute atomic E-state index is 0.138. The molecule has 0 aromatic heterocycles. The molecule has 5 heteroatoms. The fourth-order valence-electron chi connectivity index (χ4n) is 4.11. The van der Waals surface area contributed by atoms with Crippen molar-refractivity contribution in [3.8, 4) is 5.75 Å². The van der Waals surface area contributed by atoms with E-state index in [0.29, 0.717) is 17.9 Å². The third-order valence-electron chi connectivity index (χ3n) is 5.80. The number of hydrogen-bond donors (Lipinski definition) is 1. The van der Waals surface area contributed by atoms with Crippen LogP contribution in [0, 0.1) is 6.92 Å². The number of carbonyl (C=O) groups excluding carboxylic acids is 2. The van der Waals surface area contributed by atoms with Gasteiger partial charge in [0.2, 0.25) is 0 Å². The summed E-state index contributed by atoms with van der Waals surface area (Å²) in [6.07, 6.45) is 0.731. The zero-order valence-electron chi connectivity index (χ0n) is 18.1. The van der Waals surface area contributed by atoms with E-state index in [1.807, 2.05) is 73.7 Å². The number of benzene rings is 3. The van der Waals surface area contributed by atoms with Crippen LogP contribution in [-0.2, 0) is 16.0 Å². The lowest BCUT2D eigenvalue weighted by atomic mass is 9.92. The zero-order chi connectivity index (χ0) is 22.7. The summed E-state index contributed by atoms with van der Waals surface area (Å²) in [4.78, 5) is 28.0. The summed E-state index contributed by atoms with van der Waals surface area (Å²) in [6.45, 7) is 1.90. The van der Waals surface area contributed by atoms with E-state index in [2.05, 4.69) is 0 Å². The first kappa shape index (κ1) is 21.4. The summed E-state index contributed by atoms with van der Waals surface area (Å²) < 4.78 is 5.26. The van der Waals surface area contributed by atoms with Crippen molar-refractivity contribution in [1.82, 2.24) is 0 Å². The van der Waals surface area contributed by atoms with Crippen LogP contribution in [0.4, 0.5) is 5.69 Å². The van der Waals surface area contributed by atoms with Crippen LogP contribution in [0.5, 0.6) is 5.75 Å². The number of carbonyl (C=O) groups is 2. The number of ketones is 1. The normalized spacial score (nSPS) is 15.9. The highest BCUT2D eigenvalue weighted by atomic mass is 16.5. The Labute approximate surface area is 187 Å². The summed E-state index contributed by atoms with van der Waals surface area (Å²) in [5.74, 6) is -0.613. The number of aryl methyl sites for hydroxylation is 2. The van der Waals surface area contributed by atoms with Crippen molar-refractivity contribution in [2.45, 2.75) is 25.8 Å². The van der Waals surface area contributed by atoms with E-state index >= 15 is 0 Å². The van der Waals surface area contributed by atoms with Gasteiger partial charge in [0.25, 0.3) is 5.91 Å². The first-order valence-corrected chi connectivity index (χ1v) is 10.5. The van der Waals surface area contributed by atoms with Gasteiger partial charge in [-0.1, -0.05) is 60.7 Å². The number of para-hydroxylation sites is 1. The van der Waals surface area contributed by atoms with Crippen molar-refractivity contribution in [2.24, 2.45) is 0 Å². The van der Waals surface area contributed by atoms with Crippen LogP contribution in [-0.4, -0.2) is 23.9 Å². The Bertz CT molecular complexity index is 1170. The Balaban J connectivity index is 1.74. The number of aliphatic hydroxyl groups excluding tert-OH is 1. The van der Waals surface area contributed by atoms with Gasteiger partial charge >= 0.3 is 0 Å². The number of Topliss-reactive ketones (excluding diaryl/α,β-unsaturated/α-hetero) is 1. The number of aliphatic hydroxyl groups is 1. The van der Waals surface area contributed by atoms with Crippen LogP contribution in [0.15, 0.2) is 90.2 Å². The Morgan fingerprint density at radius 3 is 2.28 bits per heavy atom. The van der Waals surface area contributed by atoms with Crippen LogP contribution in [0.1, 0.15) is 29.2 Å². The molecule has 4 rings (SSSR count). The summed E-state index contributed by atoms with van der Waals surface area (Å²) in [7, 11) is 1.58. The Hall–Kier alpha value is -3.86. The molecule has 1 atom stereocenters. The van der Waals surface area contributed by atoms with Crippen LogP contribution in [0.2, 0.25) is 0 Å². The predicted molar refractivity (Wildman–Crippen MR) is 124 cm³/mol. The fraction of sp³-hybridized carbons (Fsp3) is 0.185. The molecular weight excluding hydrogens is 402 g/mol. The van der Waals surface area contributed by atoms with Crippen molar-refractivity contribution in [2.75, 3.05) is 12.0 Å². The van der Waals surface area contributed by atoms with Crippen molar-refractivity contribution in [3.05, 3.63) is 107 Å². The van der Waals surface area contributed by atoms with E-state index in [4.69, 9.17) is 4.74 Å². The summed E-state index contributed by atoms with van der Waals surface area (Å²) in [5.41, 5.74) is 3.44. The second-order valence-corrected chi connectivity index (χ2v) is 7.81. The van der Waals surface area contributed by atoms with E-state index in [-0.39, 0.29) is 17.8 Å². The van der Waals surface area contributed by atoms with Gasteiger partial charge in [0.05, 0.1) is 18.7 Å². The molecule has 5 nitrogen and oxygen atoms in total. The van der Waals surface area contributed by atoms with Crippen molar-refractivity contribution < 1.29 is 19.4 Å². The summed E-state index contributed by atoms with van der Waals surface area (Å²) in [6, 6.07) is 23.7. The number of nitrogens with zero attached hydrogens (tertiary/aromatic N) is 1. The molecule has 0 fully saturated rings. The molecule has 162 valence electrons. The first-order chi connectivity index (χ1) is 15.5. The van der Waals surface area contributed by atoms with E-state index in [9.17, 15) is 14.7 Å². The van der Waals surface area contributed by atoms with Gasteiger partial charge in [-0.15, -0.1) is 0 Å². The number of amides is 1. The molecule has 32 heavy (non-hydrogen) atoms. The van der Waals surface area contributed by atoms with Crippen LogP contribution >= 0.6 is 0 Å². The molecule has 1 aliphatic heterocycles. The Morgan fingerprint density at radius 2 is 1.62 bits per heavy atom. The summed E-state index contributed by atoms with van der Waals surface area (Å²) in [5, 5.41) is 10.8. The molecule has 0 saturated carbocycles. The molecule has 0 radical (unpaired) electrons. The average Bonchev–Trinajstić information content (AvgIpc) is 3.09. The fourth-order valence-corrected chi connectivity index (χ4v) is 4.11. The van der Waals surface area contributed by atoms with Crippen LogP contribution < -0.4 is 9.64 Å². The molecule has 1 unspecified atom stereocenters. The molecule has 0 spiro atoms. The van der Waals surface area contributed by atoms with Gasteiger partial charge in [0.1, 0.15) is 5.75 Å². The highest BCUT2D eigenvalue weighted by molar-refractivity contribution is 6.16. The molecule has 0 saturated heterocycles. The van der Waals surface area contributed by atoms with Crippen molar-refractivity contribution >= 4 is 17.4 Å². The van der Waals surface area contributed by atoms with Crippen molar-refractivity contribution in [3.63, 3.8) is 0 Å². The van der Waals surface area contributed by atoms with E-state index in [1.165, 1.54) is 4.90 Å². The maximum atomic E-state index is 13.3. The monoisotopic (exact) mass is 427 g/mol. The molecular formula is C27H25NO4. The SMILES string of the molecule is COc1ccc(C2C(C(=O)CCc3ccccc3)=C(O)C(=O)N2c2ccccc2C)cc1. The highest BCUT2D eigenvalue weighted by Crippen LogP contribution is 2.42. The lowest BCUT2D eigenvalue weighted by Gasteiger charge is -2.28. The van der Waals surface area contributed by atoms with Gasteiger partial charge in [0, 0.05) is 12.1 Å². The van der Waals surface area contributed by atoms with Gasteiger partial charge in [-0.05, 0) is 48.2 Å². The third-order valence-corrected chi connectivity index (χ3v) is 5.80. The van der Waals surface area contributed by atoms with Gasteiger partial charge in [0.15, 0.2) is 11.5 Å². The Kier molecular flexibility index (Phi) is 6.08. The lowest BCUT2D eigenvalue weighted by molar-refractivity contribution is -0.118. The van der Waals surface area contributed by atoms with E-state index in [1.54, 1.807) is 19.2 Å². The quantitative estimate of drug-likeness (QED) is 0.569. The highest BCUT2D eigenvalue weighted by Gasteiger charge is 2.44. The molecule has 1 aliphatic rings. The predicted octanol–water partition coefficient (Wildman–Crippen LogP) is 5.11. The minimum atomic E-state index is -0.710. The number of hydrogen-bond acceptors (Lipinski definition) is 4. The summed E-state index contributed by atoms with van der Waals surface area (Å²) >= 11 is 0. The maximum Gasteiger partial charge on any atom is 0.294 e. The first-order valence-electron chi connectivity index (χ1n) is 10.5. The second kappa shape index (κ2) is 9.10. The lowest BCUT2D eigenvalue weighted by Crippen LogP contribution is -2.31. The van der Waals surface area contributed by atoms with Crippen LogP contribution in [0.3, 0.4) is 0 Å². The van der Waals surface area contributed by atoms with Crippen LogP contribution in [0.25, 0.3) is 0 Å². The molecule has 0 aliphatic carbocycles. The molecule has 1 heterocycles. The number of methoxy groups -OCH3 is 1. The smallest absolute Gasteiger partial charge is 0.294 e. The number of ether oxygens (including phenoxy) is 1. The molecule has 3 aromatic carbocycles. The second-order valence-electron chi connectivity index (χ2n) is 7.81. The minimum Gasteiger partial charge on any atom is -0.503 e. The average molecular weight is 428 g/mol. The van der Waals surface area contributed by atoms with Gasteiger partial charge < -0.3 is 9.84 Å². The standard InChI is InChI=1S/C27H25NO4/c1-18-8-6-7-11-22(18)28-25(20-13-15-21(32-2)16-14-20)24(26(30)27(28)31)23(29)17-12-19-9-4-3-5-10-19/h3-11,13-16,25,30H,12,17H2,1-2H3. The molecule has 1 N–H and O–H groups in total. The number of rotatable bonds is 7. The van der Waals surface area contributed by atoms with E-state index in [0.717, 1.165) is 16.7 Å². The van der Waals surface area contributed by atoms with Gasteiger partial charge in [-0.2, -0.15) is 0 Å². The largest absolute Gasteiger partial charge is 0.503 e. The number of anilines is 1. The molecule has 0 bridgehead atoms. The molecule has 3 aromatic rings. The van der Waals surface area contributed by atoms with E-state index < -0.39 is 17.7 Å². The van der Waals surface area contributed by atoms with Gasteiger partial charge in [-0.3, -0.25) is 14.5 Å². The third kappa shape index (κ3) is 4.02. The van der Waals surface area contributed by atoms with Crippen molar-refractivity contribution in [1.29, 1.82) is 0 Å². The Morgan fingerprint density at radius 1 is 0.969 bits per heavy atom. The zero-order valence-corrected chi connectivity index (χ0v) is 18.1. The maximum absolute atomic E-state index is 13.3. The topological polar surface area (TPSA) is 66.8 Å².